The second-order valence-electron chi connectivity index (χ2n) is 3.15. The van der Waals surface area contributed by atoms with Crippen LogP contribution < -0.4 is 0 Å². The zero-order chi connectivity index (χ0) is 9.03. The molecular weight excluding hydrogens is 190 g/mol. The number of nitrogens with zero attached hydrogens (tertiary/aromatic N) is 1. The molecule has 0 bridgehead atoms. The third-order valence-electron chi connectivity index (χ3n) is 1.87. The SMILES string of the molecule is C=CC(C)(CCl)Cc1ccns1. The largest absolute Gasteiger partial charge is 0.201 e. The maximum atomic E-state index is 5.84. The summed E-state index contributed by atoms with van der Waals surface area (Å²) < 4.78 is 4.04. The lowest BCUT2D eigenvalue weighted by Gasteiger charge is -2.20. The van der Waals surface area contributed by atoms with E-state index in [0.717, 1.165) is 6.42 Å². The molecule has 12 heavy (non-hydrogen) atoms. The van der Waals surface area contributed by atoms with Gasteiger partial charge in [-0.1, -0.05) is 13.0 Å². The van der Waals surface area contributed by atoms with Crippen LogP contribution in [0.25, 0.3) is 0 Å². The monoisotopic (exact) mass is 201 g/mol. The maximum absolute atomic E-state index is 5.84. The normalized spacial score (nSPS) is 15.5. The van der Waals surface area contributed by atoms with Gasteiger partial charge in [0.2, 0.25) is 0 Å². The minimum absolute atomic E-state index is 0.00802. The van der Waals surface area contributed by atoms with Crippen LogP contribution in [0.15, 0.2) is 24.9 Å². The highest BCUT2D eigenvalue weighted by Gasteiger charge is 2.19. The van der Waals surface area contributed by atoms with Gasteiger partial charge in [-0.05, 0) is 24.0 Å². The third-order valence-corrected chi connectivity index (χ3v) is 3.22. The Morgan fingerprint density at radius 1 is 1.83 bits per heavy atom. The van der Waals surface area contributed by atoms with Crippen LogP contribution in [0.5, 0.6) is 0 Å². The minimum Gasteiger partial charge on any atom is -0.201 e. The number of hydrogen-bond donors (Lipinski definition) is 0. The molecule has 1 nitrogen and oxygen atoms in total. The number of halogens is 1. The van der Waals surface area contributed by atoms with Gasteiger partial charge in [0.25, 0.3) is 0 Å². The van der Waals surface area contributed by atoms with E-state index in [1.165, 1.54) is 16.4 Å². The van der Waals surface area contributed by atoms with E-state index >= 15 is 0 Å². The van der Waals surface area contributed by atoms with Crippen LogP contribution in [-0.4, -0.2) is 10.3 Å². The van der Waals surface area contributed by atoms with E-state index in [9.17, 15) is 0 Å². The molecule has 0 spiro atoms. The fraction of sp³-hybridized carbons (Fsp3) is 0.444. The van der Waals surface area contributed by atoms with Crippen molar-refractivity contribution in [1.29, 1.82) is 0 Å². The van der Waals surface area contributed by atoms with Gasteiger partial charge in [-0.25, -0.2) is 4.37 Å². The molecular formula is C9H12ClNS. The summed E-state index contributed by atoms with van der Waals surface area (Å²) in [7, 11) is 0. The molecule has 0 aliphatic carbocycles. The summed E-state index contributed by atoms with van der Waals surface area (Å²) in [6, 6.07) is 2.03. The molecule has 3 heteroatoms. The first kappa shape index (κ1) is 9.75. The van der Waals surface area contributed by atoms with Crippen LogP contribution >= 0.6 is 23.1 Å². The number of allylic oxidation sites excluding steroid dienone is 1. The molecule has 1 rings (SSSR count). The van der Waals surface area contributed by atoms with Crippen molar-refractivity contribution in [3.8, 4) is 0 Å². The first-order valence-electron chi connectivity index (χ1n) is 3.79. The molecule has 0 saturated carbocycles. The van der Waals surface area contributed by atoms with Crippen molar-refractivity contribution in [2.45, 2.75) is 13.3 Å². The van der Waals surface area contributed by atoms with Crippen LogP contribution in [0.3, 0.4) is 0 Å². The van der Waals surface area contributed by atoms with Crippen molar-refractivity contribution >= 4 is 23.1 Å². The third kappa shape index (κ3) is 2.32. The van der Waals surface area contributed by atoms with Crippen LogP contribution in [0.1, 0.15) is 11.8 Å². The molecule has 1 aromatic heterocycles. The van der Waals surface area contributed by atoms with E-state index < -0.39 is 0 Å². The van der Waals surface area contributed by atoms with Gasteiger partial charge in [-0.3, -0.25) is 0 Å². The molecule has 0 fully saturated rings. The van der Waals surface area contributed by atoms with Gasteiger partial charge in [-0.2, -0.15) is 0 Å². The number of aromatic nitrogens is 1. The van der Waals surface area contributed by atoms with Crippen LogP contribution in [-0.2, 0) is 6.42 Å². The molecule has 1 unspecified atom stereocenters. The summed E-state index contributed by atoms with van der Waals surface area (Å²) in [5.41, 5.74) is 0.00802. The van der Waals surface area contributed by atoms with Crippen molar-refractivity contribution in [1.82, 2.24) is 4.37 Å². The molecule has 1 atom stereocenters. The standard InChI is InChI=1S/C9H12ClNS/c1-3-9(2,7-10)6-8-4-5-11-12-8/h3-5H,1,6-7H2,2H3. The van der Waals surface area contributed by atoms with Gasteiger partial charge >= 0.3 is 0 Å². The van der Waals surface area contributed by atoms with Gasteiger partial charge in [-0.15, -0.1) is 18.2 Å². The quantitative estimate of drug-likeness (QED) is 0.539. The summed E-state index contributed by atoms with van der Waals surface area (Å²) in [4.78, 5) is 1.26. The fourth-order valence-electron chi connectivity index (χ4n) is 0.905. The van der Waals surface area contributed by atoms with E-state index in [2.05, 4.69) is 17.9 Å². The summed E-state index contributed by atoms with van der Waals surface area (Å²) in [5, 5.41) is 0. The highest BCUT2D eigenvalue weighted by molar-refractivity contribution is 7.05. The van der Waals surface area contributed by atoms with Crippen LogP contribution in [0.4, 0.5) is 0 Å². The Hall–Kier alpha value is -0.340. The van der Waals surface area contributed by atoms with Crippen molar-refractivity contribution in [3.63, 3.8) is 0 Å². The maximum Gasteiger partial charge on any atom is 0.0409 e. The van der Waals surface area contributed by atoms with E-state index in [1.54, 1.807) is 0 Å². The Morgan fingerprint density at radius 3 is 3.00 bits per heavy atom. The lowest BCUT2D eigenvalue weighted by molar-refractivity contribution is 0.490. The first-order valence-corrected chi connectivity index (χ1v) is 5.10. The van der Waals surface area contributed by atoms with Gasteiger partial charge < -0.3 is 0 Å². The molecule has 0 aromatic carbocycles. The molecule has 0 aliphatic rings. The van der Waals surface area contributed by atoms with Crippen molar-refractivity contribution in [3.05, 3.63) is 29.8 Å². The molecule has 0 radical (unpaired) electrons. The second-order valence-corrected chi connectivity index (χ2v) is 4.33. The smallest absolute Gasteiger partial charge is 0.0409 e. The van der Waals surface area contributed by atoms with Gasteiger partial charge in [0.1, 0.15) is 0 Å². The fourth-order valence-corrected chi connectivity index (χ4v) is 1.88. The van der Waals surface area contributed by atoms with E-state index in [1.807, 2.05) is 18.3 Å². The van der Waals surface area contributed by atoms with Crippen molar-refractivity contribution in [2.24, 2.45) is 5.41 Å². The van der Waals surface area contributed by atoms with Gasteiger partial charge in [0.15, 0.2) is 0 Å². The summed E-state index contributed by atoms with van der Waals surface area (Å²) in [6.45, 7) is 5.89. The Bertz CT molecular complexity index is 245. The van der Waals surface area contributed by atoms with E-state index in [-0.39, 0.29) is 5.41 Å². The predicted octanol–water partition coefficient (Wildman–Crippen LogP) is 3.12. The highest BCUT2D eigenvalue weighted by Crippen LogP contribution is 2.26. The predicted molar refractivity (Wildman–Crippen MR) is 54.8 cm³/mol. The summed E-state index contributed by atoms with van der Waals surface area (Å²) in [5.74, 6) is 0.606. The topological polar surface area (TPSA) is 12.9 Å². The number of hydrogen-bond acceptors (Lipinski definition) is 2. The number of alkyl halides is 1. The lowest BCUT2D eigenvalue weighted by Crippen LogP contribution is -2.17. The van der Waals surface area contributed by atoms with Crippen molar-refractivity contribution < 1.29 is 0 Å². The molecule has 0 N–H and O–H groups in total. The highest BCUT2D eigenvalue weighted by atomic mass is 35.5. The molecule has 0 amide bonds. The summed E-state index contributed by atoms with van der Waals surface area (Å²) >= 11 is 7.36. The summed E-state index contributed by atoms with van der Waals surface area (Å²) in [6.07, 6.45) is 4.67. The second kappa shape index (κ2) is 4.06. The molecule has 0 aliphatic heterocycles. The molecule has 66 valence electrons. The van der Waals surface area contributed by atoms with Crippen LogP contribution in [0, 0.1) is 5.41 Å². The van der Waals surface area contributed by atoms with Gasteiger partial charge in [0.05, 0.1) is 0 Å². The average molecular weight is 202 g/mol. The molecule has 0 saturated heterocycles. The Balaban J connectivity index is 2.66. The Kier molecular flexibility index (Phi) is 3.29. The molecule has 1 heterocycles. The zero-order valence-electron chi connectivity index (χ0n) is 7.09. The molecule has 1 aromatic rings. The van der Waals surface area contributed by atoms with Gasteiger partial charge in [0, 0.05) is 22.4 Å². The first-order chi connectivity index (χ1) is 5.70. The lowest BCUT2D eigenvalue weighted by atomic mass is 9.89. The average Bonchev–Trinajstić information content (AvgIpc) is 2.57. The van der Waals surface area contributed by atoms with E-state index in [4.69, 9.17) is 11.6 Å². The van der Waals surface area contributed by atoms with Crippen molar-refractivity contribution in [2.75, 3.05) is 5.88 Å². The van der Waals surface area contributed by atoms with Crippen LogP contribution in [0.2, 0.25) is 0 Å². The Morgan fingerprint density at radius 2 is 2.58 bits per heavy atom. The minimum atomic E-state index is 0.00802. The Labute approximate surface area is 82.2 Å². The zero-order valence-corrected chi connectivity index (χ0v) is 8.66. The number of rotatable bonds is 4. The van der Waals surface area contributed by atoms with E-state index in [0.29, 0.717) is 5.88 Å².